The van der Waals surface area contributed by atoms with Crippen LogP contribution in [-0.4, -0.2) is 28.4 Å². The molecule has 1 aromatic rings. The third-order valence-corrected chi connectivity index (χ3v) is 5.29. The number of rotatable bonds is 9. The van der Waals surface area contributed by atoms with Crippen LogP contribution in [0.5, 0.6) is 11.5 Å². The summed E-state index contributed by atoms with van der Waals surface area (Å²) >= 11 is 12.0. The summed E-state index contributed by atoms with van der Waals surface area (Å²) in [5.74, 6) is 0.131. The van der Waals surface area contributed by atoms with Crippen molar-refractivity contribution < 1.29 is 19.2 Å². The molecule has 0 spiro atoms. The van der Waals surface area contributed by atoms with Crippen molar-refractivity contribution in [3.8, 4) is 11.5 Å². The molecule has 1 unspecified atom stereocenters. The van der Waals surface area contributed by atoms with Crippen molar-refractivity contribution in [1.82, 2.24) is 0 Å². The predicted molar refractivity (Wildman–Crippen MR) is 100 cm³/mol. The second-order valence-electron chi connectivity index (χ2n) is 6.44. The van der Waals surface area contributed by atoms with Crippen LogP contribution in [0.4, 0.5) is 11.4 Å². The highest BCUT2D eigenvalue weighted by Crippen LogP contribution is 2.64. The summed E-state index contributed by atoms with van der Waals surface area (Å²) in [6, 6.07) is 2.67. The molecule has 0 aromatic heterocycles. The van der Waals surface area contributed by atoms with Gasteiger partial charge in [-0.05, 0) is 26.2 Å². The van der Waals surface area contributed by atoms with Crippen molar-refractivity contribution in [2.24, 2.45) is 5.41 Å². The summed E-state index contributed by atoms with van der Waals surface area (Å²) in [6.07, 6.45) is 1.77. The number of benzene rings is 1. The van der Waals surface area contributed by atoms with Crippen LogP contribution >= 0.6 is 23.2 Å². The zero-order valence-electron chi connectivity index (χ0n) is 14.9. The molecule has 1 aromatic carbocycles. The minimum atomic E-state index is -1.17. The van der Waals surface area contributed by atoms with Crippen molar-refractivity contribution >= 4 is 40.5 Å². The van der Waals surface area contributed by atoms with Gasteiger partial charge in [-0.25, -0.2) is 0 Å². The number of halogens is 2. The molecule has 1 amide bonds. The van der Waals surface area contributed by atoms with Gasteiger partial charge >= 0.3 is 0 Å². The van der Waals surface area contributed by atoms with Crippen LogP contribution in [0.15, 0.2) is 12.1 Å². The van der Waals surface area contributed by atoms with E-state index < -0.39 is 20.6 Å². The Kier molecular flexibility index (Phi) is 6.24. The molecule has 0 radical (unpaired) electrons. The lowest BCUT2D eigenvalue weighted by Gasteiger charge is -2.16. The molecule has 1 aliphatic carbocycles. The molecule has 1 N–H and O–H groups in total. The van der Waals surface area contributed by atoms with Gasteiger partial charge in [0.2, 0.25) is 5.91 Å². The summed E-state index contributed by atoms with van der Waals surface area (Å²) in [5.41, 5.74) is -1.26. The van der Waals surface area contributed by atoms with Gasteiger partial charge in [0.1, 0.15) is 10.0 Å². The van der Waals surface area contributed by atoms with E-state index in [9.17, 15) is 14.9 Å². The zero-order valence-corrected chi connectivity index (χ0v) is 16.4. The molecular weight excluding hydrogens is 383 g/mol. The number of hydrogen-bond donors (Lipinski definition) is 1. The number of nitro groups is 1. The molecular formula is C17H22Cl2N2O5. The first-order chi connectivity index (χ1) is 12.2. The predicted octanol–water partition coefficient (Wildman–Crippen LogP) is 4.69. The Morgan fingerprint density at radius 3 is 2.15 bits per heavy atom. The lowest BCUT2D eigenvalue weighted by Crippen LogP contribution is -2.26. The number of amides is 1. The molecule has 0 aliphatic heterocycles. The van der Waals surface area contributed by atoms with Gasteiger partial charge in [-0.1, -0.05) is 13.8 Å². The molecule has 1 aliphatic rings. The maximum absolute atomic E-state index is 12.5. The number of hydrogen-bond acceptors (Lipinski definition) is 5. The highest BCUT2D eigenvalue weighted by Gasteiger charge is 2.68. The molecule has 1 fully saturated rings. The van der Waals surface area contributed by atoms with Gasteiger partial charge in [0.15, 0.2) is 11.5 Å². The molecule has 26 heavy (non-hydrogen) atoms. The van der Waals surface area contributed by atoms with Crippen molar-refractivity contribution in [2.45, 2.75) is 44.4 Å². The van der Waals surface area contributed by atoms with E-state index in [1.807, 2.05) is 13.8 Å². The van der Waals surface area contributed by atoms with E-state index in [0.29, 0.717) is 19.0 Å². The monoisotopic (exact) mass is 404 g/mol. The van der Waals surface area contributed by atoms with E-state index >= 15 is 0 Å². The summed E-state index contributed by atoms with van der Waals surface area (Å²) in [7, 11) is 0. The number of carbonyl (C=O) groups excluding carboxylic acids is 1. The number of carbonyl (C=O) groups is 1. The minimum absolute atomic E-state index is 0.0206. The summed E-state index contributed by atoms with van der Waals surface area (Å²) in [5, 5.41) is 14.0. The molecule has 1 saturated carbocycles. The van der Waals surface area contributed by atoms with E-state index in [4.69, 9.17) is 32.7 Å². The lowest BCUT2D eigenvalue weighted by molar-refractivity contribution is -0.384. The highest BCUT2D eigenvalue weighted by atomic mass is 35.5. The van der Waals surface area contributed by atoms with Crippen molar-refractivity contribution in [3.05, 3.63) is 22.2 Å². The van der Waals surface area contributed by atoms with Crippen LogP contribution in [0.2, 0.25) is 0 Å². The fourth-order valence-corrected chi connectivity index (χ4v) is 3.06. The number of anilines is 1. The Morgan fingerprint density at radius 1 is 1.23 bits per heavy atom. The Bertz CT molecular complexity index is 711. The average molecular weight is 405 g/mol. The maximum Gasteiger partial charge on any atom is 0.296 e. The number of nitrogens with one attached hydrogen (secondary N) is 1. The average Bonchev–Trinajstić information content (AvgIpc) is 3.10. The number of nitrogens with zero attached hydrogens (tertiary/aromatic N) is 1. The minimum Gasteiger partial charge on any atom is -0.490 e. The number of alkyl halides is 2. The van der Waals surface area contributed by atoms with Crippen LogP contribution in [0.3, 0.4) is 0 Å². The maximum atomic E-state index is 12.5. The quantitative estimate of drug-likeness (QED) is 0.366. The molecule has 2 rings (SSSR count). The molecule has 7 nitrogen and oxygen atoms in total. The third-order valence-electron chi connectivity index (χ3n) is 4.19. The van der Waals surface area contributed by atoms with Gasteiger partial charge in [-0.2, -0.15) is 0 Å². The highest BCUT2D eigenvalue weighted by molar-refractivity contribution is 6.53. The SMILES string of the molecule is CCCOc1cc(NC(=O)C2(C)CC2(Cl)Cl)c([N+](=O)[O-])cc1OCCC. The van der Waals surface area contributed by atoms with Gasteiger partial charge in [0, 0.05) is 6.07 Å². The summed E-state index contributed by atoms with van der Waals surface area (Å²) in [4.78, 5) is 23.4. The first-order valence-corrected chi connectivity index (χ1v) is 9.19. The number of ether oxygens (including phenoxy) is 2. The Labute approximate surface area is 162 Å². The van der Waals surface area contributed by atoms with E-state index in [-0.39, 0.29) is 23.5 Å². The molecule has 9 heteroatoms. The second kappa shape index (κ2) is 7.88. The van der Waals surface area contributed by atoms with E-state index in [1.165, 1.54) is 12.1 Å². The summed E-state index contributed by atoms with van der Waals surface area (Å²) < 4.78 is 10.0. The molecule has 1 atom stereocenters. The van der Waals surface area contributed by atoms with E-state index in [1.54, 1.807) is 6.92 Å². The molecule has 0 saturated heterocycles. The molecule has 0 bridgehead atoms. The van der Waals surface area contributed by atoms with Crippen molar-refractivity contribution in [2.75, 3.05) is 18.5 Å². The van der Waals surface area contributed by atoms with E-state index in [2.05, 4.69) is 5.32 Å². The fourth-order valence-electron chi connectivity index (χ4n) is 2.36. The van der Waals surface area contributed by atoms with Crippen LogP contribution in [0, 0.1) is 15.5 Å². The Morgan fingerprint density at radius 2 is 1.73 bits per heavy atom. The van der Waals surface area contributed by atoms with Crippen LogP contribution in [-0.2, 0) is 4.79 Å². The third kappa shape index (κ3) is 4.15. The van der Waals surface area contributed by atoms with Gasteiger partial charge in [0.05, 0.1) is 29.6 Å². The van der Waals surface area contributed by atoms with Gasteiger partial charge < -0.3 is 14.8 Å². The van der Waals surface area contributed by atoms with Crippen molar-refractivity contribution in [1.29, 1.82) is 0 Å². The van der Waals surface area contributed by atoms with Crippen LogP contribution in [0.1, 0.15) is 40.0 Å². The zero-order chi connectivity index (χ0) is 19.5. The van der Waals surface area contributed by atoms with E-state index in [0.717, 1.165) is 12.8 Å². The summed E-state index contributed by atoms with van der Waals surface area (Å²) in [6.45, 7) is 6.29. The first-order valence-electron chi connectivity index (χ1n) is 8.43. The molecule has 0 heterocycles. The lowest BCUT2D eigenvalue weighted by atomic mass is 10.1. The second-order valence-corrected chi connectivity index (χ2v) is 7.92. The smallest absolute Gasteiger partial charge is 0.296 e. The van der Waals surface area contributed by atoms with Crippen molar-refractivity contribution in [3.63, 3.8) is 0 Å². The van der Waals surface area contributed by atoms with Gasteiger partial charge in [-0.15, -0.1) is 23.2 Å². The van der Waals surface area contributed by atoms with Gasteiger partial charge in [-0.3, -0.25) is 14.9 Å². The first kappa shape index (κ1) is 20.6. The Hall–Kier alpha value is -1.73. The fraction of sp³-hybridized carbons (Fsp3) is 0.588. The largest absolute Gasteiger partial charge is 0.490 e. The van der Waals surface area contributed by atoms with Gasteiger partial charge in [0.25, 0.3) is 5.69 Å². The standard InChI is InChI=1S/C17H22Cl2N2O5/c1-4-6-25-13-8-11(20-15(22)16(3)10-17(16,18)19)12(21(23)24)9-14(13)26-7-5-2/h8-9H,4-7,10H2,1-3H3,(H,20,22). The van der Waals surface area contributed by atoms with Crippen LogP contribution in [0.25, 0.3) is 0 Å². The normalized spacial score (nSPS) is 20.3. The van der Waals surface area contributed by atoms with Crippen LogP contribution < -0.4 is 14.8 Å². The Balaban J connectivity index is 2.36. The molecule has 144 valence electrons. The topological polar surface area (TPSA) is 90.7 Å². The number of nitro benzene ring substituents is 1.